The number of fused-ring (bicyclic) bond motifs is 8. The molecule has 8 bridgehead atoms. The van der Waals surface area contributed by atoms with Gasteiger partial charge >= 0.3 is 0 Å². The molecule has 0 saturated heterocycles. The molecule has 4 aromatic carbocycles. The van der Waals surface area contributed by atoms with Gasteiger partial charge in [-0.3, -0.25) is 0 Å². The maximum absolute atomic E-state index is 12.2. The van der Waals surface area contributed by atoms with E-state index in [0.717, 1.165) is 45.9 Å². The summed E-state index contributed by atoms with van der Waals surface area (Å²) in [7, 11) is 0. The van der Waals surface area contributed by atoms with Crippen LogP contribution < -0.4 is 0 Å². The normalized spacial score (nSPS) is 12.6. The van der Waals surface area contributed by atoms with Gasteiger partial charge in [0.2, 0.25) is 0 Å². The summed E-state index contributed by atoms with van der Waals surface area (Å²) in [5.74, 6) is 0.120. The monoisotopic (exact) mass is 676 g/mol. The number of pyridine rings is 2. The first-order chi connectivity index (χ1) is 25.3. The maximum Gasteiger partial charge on any atom is 0.134 e. The predicted molar refractivity (Wildman–Crippen MR) is 216 cm³/mol. The molecule has 52 heavy (non-hydrogen) atoms. The van der Waals surface area contributed by atoms with Crippen LogP contribution in [0.2, 0.25) is 0 Å². The zero-order valence-electron chi connectivity index (χ0n) is 29.1. The van der Waals surface area contributed by atoms with Crippen LogP contribution in [0.25, 0.3) is 83.4 Å². The van der Waals surface area contributed by atoms with E-state index in [0.29, 0.717) is 66.4 Å². The van der Waals surface area contributed by atoms with E-state index in [4.69, 9.17) is 19.9 Å². The van der Waals surface area contributed by atoms with Gasteiger partial charge in [0.05, 0.1) is 44.8 Å². The average molecular weight is 677 g/mol. The smallest absolute Gasteiger partial charge is 0.134 e. The van der Waals surface area contributed by atoms with Crippen LogP contribution in [-0.4, -0.2) is 30.1 Å². The van der Waals surface area contributed by atoms with Gasteiger partial charge in [-0.15, -0.1) is 0 Å². The Hall–Kier alpha value is -6.66. The van der Waals surface area contributed by atoms with Crippen LogP contribution in [-0.2, 0) is 0 Å². The molecule has 252 valence electrons. The Morgan fingerprint density at radius 2 is 1.08 bits per heavy atom. The number of hydrogen-bond acceptors (Lipinski definition) is 6. The number of phenolic OH excluding ortho intramolecular Hbond substituents is 2. The molecule has 0 spiro atoms. The number of phenols is 2. The molecule has 0 fully saturated rings. The number of aromatic hydroxyl groups is 2. The molecule has 0 amide bonds. The molecule has 0 aliphatic heterocycles. The molecule has 1 aliphatic rings. The highest BCUT2D eigenvalue weighted by atomic mass is 16.3. The van der Waals surface area contributed by atoms with Crippen molar-refractivity contribution in [3.05, 3.63) is 151 Å². The summed E-state index contributed by atoms with van der Waals surface area (Å²) in [5.41, 5.74) is 8.12. The highest BCUT2D eigenvalue weighted by molar-refractivity contribution is 6.08. The zero-order chi connectivity index (χ0) is 35.9. The van der Waals surface area contributed by atoms with Crippen molar-refractivity contribution >= 4 is 72.1 Å². The molecule has 6 heteroatoms. The largest absolute Gasteiger partial charge is 0.507 e. The fourth-order valence-corrected chi connectivity index (χ4v) is 6.98. The summed E-state index contributed by atoms with van der Waals surface area (Å²) in [6, 6.07) is 29.4. The third kappa shape index (κ3) is 5.74. The second-order valence-corrected chi connectivity index (χ2v) is 13.1. The Morgan fingerprint density at radius 3 is 1.60 bits per heavy atom. The van der Waals surface area contributed by atoms with Gasteiger partial charge in [-0.2, -0.15) is 0 Å². The molecule has 0 unspecified atom stereocenters. The fourth-order valence-electron chi connectivity index (χ4n) is 6.98. The van der Waals surface area contributed by atoms with Gasteiger partial charge in [0.15, 0.2) is 0 Å². The van der Waals surface area contributed by atoms with Crippen molar-refractivity contribution in [3.63, 3.8) is 0 Å². The van der Waals surface area contributed by atoms with Gasteiger partial charge in [0.1, 0.15) is 11.5 Å². The Bertz CT molecular complexity index is 2820. The van der Waals surface area contributed by atoms with Crippen LogP contribution in [0, 0.1) is 13.8 Å². The summed E-state index contributed by atoms with van der Waals surface area (Å²) in [5, 5.41) is 28.4. The minimum atomic E-state index is 0.0516. The summed E-state index contributed by atoms with van der Waals surface area (Å²) >= 11 is 0. The number of rotatable bonds is 4. The van der Waals surface area contributed by atoms with Crippen LogP contribution in [0.15, 0.2) is 122 Å². The van der Waals surface area contributed by atoms with Crippen molar-refractivity contribution in [1.82, 2.24) is 19.9 Å². The van der Waals surface area contributed by atoms with Gasteiger partial charge in [0, 0.05) is 37.9 Å². The van der Waals surface area contributed by atoms with E-state index in [-0.39, 0.29) is 11.5 Å². The van der Waals surface area contributed by atoms with E-state index in [1.807, 2.05) is 111 Å². The Kier molecular flexibility index (Phi) is 8.28. The predicted octanol–water partition coefficient (Wildman–Crippen LogP) is 11.4. The van der Waals surface area contributed by atoms with E-state index in [2.05, 4.69) is 25.3 Å². The van der Waals surface area contributed by atoms with Crippen molar-refractivity contribution in [2.45, 2.75) is 26.7 Å². The van der Waals surface area contributed by atoms with E-state index in [1.54, 1.807) is 12.2 Å². The number of aryl methyl sites for hydroxylation is 2. The molecule has 0 atom stereocenters. The second kappa shape index (κ2) is 13.2. The first kappa shape index (κ1) is 32.5. The summed E-state index contributed by atoms with van der Waals surface area (Å²) in [4.78, 5) is 20.7. The molecule has 0 saturated carbocycles. The lowest BCUT2D eigenvalue weighted by Crippen LogP contribution is -1.96. The first-order valence-electron chi connectivity index (χ1n) is 17.3. The van der Waals surface area contributed by atoms with Crippen molar-refractivity contribution in [2.24, 2.45) is 0 Å². The molecule has 2 N–H and O–H groups in total. The van der Waals surface area contributed by atoms with Gasteiger partial charge in [-0.1, -0.05) is 86.0 Å². The van der Waals surface area contributed by atoms with Crippen LogP contribution >= 0.6 is 0 Å². The van der Waals surface area contributed by atoms with Crippen molar-refractivity contribution in [3.8, 4) is 22.8 Å². The van der Waals surface area contributed by atoms with Crippen molar-refractivity contribution < 1.29 is 10.2 Å². The summed E-state index contributed by atoms with van der Waals surface area (Å²) < 4.78 is 0. The summed E-state index contributed by atoms with van der Waals surface area (Å²) in [6.45, 7) is 12.3. The molecule has 1 aliphatic carbocycles. The topological polar surface area (TPSA) is 92.0 Å². The molecule has 8 rings (SSSR count). The third-order valence-electron chi connectivity index (χ3n) is 9.52. The molecule has 7 aromatic rings. The summed E-state index contributed by atoms with van der Waals surface area (Å²) in [6.07, 6.45) is 11.3. The molecule has 3 aromatic heterocycles. The van der Waals surface area contributed by atoms with Gasteiger partial charge < -0.3 is 10.2 Å². The van der Waals surface area contributed by atoms with Crippen LogP contribution in [0.4, 0.5) is 0 Å². The highest BCUT2D eigenvalue weighted by Gasteiger charge is 2.16. The van der Waals surface area contributed by atoms with E-state index in [9.17, 15) is 10.2 Å². The minimum Gasteiger partial charge on any atom is -0.507 e. The molecule has 3 heterocycles. The SMILES string of the molecule is C=Cc1nc(C2=CCCC=C2)c2cc(C)cc(c2O)c2ccc3ccc4ccc(nc4c3n2)c2cc(C)cc(c(-c3ccccc3)nc1C=C)c2O. The van der Waals surface area contributed by atoms with E-state index < -0.39 is 0 Å². The lowest BCUT2D eigenvalue weighted by atomic mass is 9.98. The first-order valence-corrected chi connectivity index (χ1v) is 17.3. The van der Waals surface area contributed by atoms with Gasteiger partial charge in [-0.25, -0.2) is 19.9 Å². The number of nitrogens with zero attached hydrogens (tertiary/aromatic N) is 4. The fraction of sp³-hybridized carbons (Fsp3) is 0.0870. The van der Waals surface area contributed by atoms with Gasteiger partial charge in [-0.05, 0) is 91.9 Å². The van der Waals surface area contributed by atoms with E-state index in [1.165, 1.54) is 0 Å². The van der Waals surface area contributed by atoms with Crippen LogP contribution in [0.3, 0.4) is 0 Å². The third-order valence-corrected chi connectivity index (χ3v) is 9.52. The molecule has 6 nitrogen and oxygen atoms in total. The van der Waals surface area contributed by atoms with Crippen molar-refractivity contribution in [2.75, 3.05) is 0 Å². The number of hydrogen-bond donors (Lipinski definition) is 2. The Balaban J connectivity index is 1.69. The maximum atomic E-state index is 12.2. The second-order valence-electron chi connectivity index (χ2n) is 13.1. The standard InChI is InChI=1S/C46H36N4O2/c1-5-37-38(6-2)48-42(30-15-11-8-12-16-30)36-26-28(4)24-34(46(36)52)40-22-20-32-18-17-31-19-21-39(49-43(31)44(32)50-40)33-23-27(3)25-35(45(33)51)41(47-37)29-13-9-7-10-14-29/h5-7,9-11,13-26,51-52H,1-2,8,12H2,3-4H3. The van der Waals surface area contributed by atoms with Crippen LogP contribution in [0.1, 0.15) is 41.1 Å². The lowest BCUT2D eigenvalue weighted by Gasteiger charge is -2.12. The quantitative estimate of drug-likeness (QED) is 0.180. The molecule has 0 radical (unpaired) electrons. The Labute approximate surface area is 301 Å². The minimum absolute atomic E-state index is 0.0516. The number of allylic oxidation sites excluding steroid dienone is 4. The van der Waals surface area contributed by atoms with Crippen LogP contribution in [0.5, 0.6) is 11.5 Å². The average Bonchev–Trinajstić information content (AvgIpc) is 3.18. The lowest BCUT2D eigenvalue weighted by molar-refractivity contribution is 0.486. The zero-order valence-corrected chi connectivity index (χ0v) is 29.1. The molecular weight excluding hydrogens is 641 g/mol. The highest BCUT2D eigenvalue weighted by Crippen LogP contribution is 2.38. The van der Waals surface area contributed by atoms with Crippen molar-refractivity contribution in [1.29, 1.82) is 0 Å². The number of benzene rings is 4. The molecular formula is C46H36N4O2. The Morgan fingerprint density at radius 1 is 0.577 bits per heavy atom. The van der Waals surface area contributed by atoms with Gasteiger partial charge in [0.25, 0.3) is 0 Å². The number of aromatic nitrogens is 4. The van der Waals surface area contributed by atoms with E-state index >= 15 is 0 Å².